The molecule has 0 heterocycles. The molecule has 0 nitrogen and oxygen atoms in total. The maximum absolute atomic E-state index is 3.95. The topological polar surface area (TPSA) is 0 Å². The molecule has 0 aromatic carbocycles. The Kier molecular flexibility index (Phi) is 13.2. The normalized spacial score (nSPS) is 13.8. The molecule has 0 spiro atoms. The van der Waals surface area contributed by atoms with Gasteiger partial charge in [0.1, 0.15) is 0 Å². The van der Waals surface area contributed by atoms with E-state index >= 15 is 0 Å². The van der Waals surface area contributed by atoms with E-state index in [2.05, 4.69) is 53.0 Å². The van der Waals surface area contributed by atoms with Crippen LogP contribution < -0.4 is 0 Å². The van der Waals surface area contributed by atoms with E-state index in [1.807, 2.05) is 6.08 Å². The zero-order chi connectivity index (χ0) is 17.6. The second-order valence-electron chi connectivity index (χ2n) is 8.00. The lowest BCUT2D eigenvalue weighted by Gasteiger charge is -2.28. The van der Waals surface area contributed by atoms with E-state index in [-0.39, 0.29) is 0 Å². The lowest BCUT2D eigenvalue weighted by Crippen LogP contribution is -2.16. The molecule has 0 saturated heterocycles. The van der Waals surface area contributed by atoms with Crippen LogP contribution in [0.1, 0.15) is 98.3 Å². The first-order chi connectivity index (χ1) is 10.9. The minimum Gasteiger partial charge on any atom is -0.103 e. The van der Waals surface area contributed by atoms with Crippen molar-refractivity contribution in [3.8, 4) is 0 Å². The summed E-state index contributed by atoms with van der Waals surface area (Å²) in [6, 6.07) is 0. The van der Waals surface area contributed by atoms with Gasteiger partial charge in [0.2, 0.25) is 0 Å². The van der Waals surface area contributed by atoms with Gasteiger partial charge in [0.25, 0.3) is 0 Å². The van der Waals surface area contributed by atoms with E-state index in [1.54, 1.807) is 5.57 Å². The van der Waals surface area contributed by atoms with E-state index in [0.717, 1.165) is 0 Å². The number of hydrogen-bond donors (Lipinski definition) is 0. The fraction of sp³-hybridized carbons (Fsp3) is 0.739. The molecule has 0 radical (unpaired) electrons. The summed E-state index contributed by atoms with van der Waals surface area (Å²) in [5.41, 5.74) is 2.08. The zero-order valence-corrected chi connectivity index (χ0v) is 16.5. The van der Waals surface area contributed by atoms with Crippen LogP contribution in [0.3, 0.4) is 0 Å². The average Bonchev–Trinajstić information content (AvgIpc) is 2.49. The highest BCUT2D eigenvalue weighted by atomic mass is 14.3. The molecule has 0 amide bonds. The molecular formula is C23H42. The molecule has 0 aliphatic rings. The fourth-order valence-corrected chi connectivity index (χ4v) is 3.41. The third-order valence-corrected chi connectivity index (χ3v) is 4.63. The molecule has 0 fully saturated rings. The van der Waals surface area contributed by atoms with Gasteiger partial charge < -0.3 is 0 Å². The van der Waals surface area contributed by atoms with Gasteiger partial charge in [-0.25, -0.2) is 0 Å². The summed E-state index contributed by atoms with van der Waals surface area (Å²) in [4.78, 5) is 0. The Morgan fingerprint density at radius 2 is 1.70 bits per heavy atom. The fourth-order valence-electron chi connectivity index (χ4n) is 3.41. The van der Waals surface area contributed by atoms with Gasteiger partial charge in [-0.15, -0.1) is 13.2 Å². The molecular weight excluding hydrogens is 276 g/mol. The summed E-state index contributed by atoms with van der Waals surface area (Å²) >= 11 is 0. The van der Waals surface area contributed by atoms with Gasteiger partial charge in [0.05, 0.1) is 0 Å². The Labute approximate surface area is 147 Å². The number of rotatable bonds is 15. The molecule has 1 unspecified atom stereocenters. The van der Waals surface area contributed by atoms with Crippen molar-refractivity contribution in [3.63, 3.8) is 0 Å². The van der Waals surface area contributed by atoms with Crippen LogP contribution in [0.5, 0.6) is 0 Å². The molecule has 0 aromatic heterocycles. The minimum absolute atomic E-state index is 0.383. The average molecular weight is 319 g/mol. The van der Waals surface area contributed by atoms with Crippen molar-refractivity contribution >= 4 is 0 Å². The minimum atomic E-state index is 0.383. The van der Waals surface area contributed by atoms with Crippen LogP contribution in [0.2, 0.25) is 0 Å². The van der Waals surface area contributed by atoms with E-state index < -0.39 is 0 Å². The van der Waals surface area contributed by atoms with E-state index in [0.29, 0.717) is 11.3 Å². The first-order valence-corrected chi connectivity index (χ1v) is 9.86. The van der Waals surface area contributed by atoms with Crippen molar-refractivity contribution in [2.45, 2.75) is 98.3 Å². The highest BCUT2D eigenvalue weighted by Crippen LogP contribution is 2.34. The standard InChI is InChI=1S/C23H42/c1-7-10-12-13-14-16-18-22(17-15-11-8-2)20-23(5,6)19-21(4)9-3/h7,9,17,21H,1,3,8,10-16,18-20H2,2,4-6H3. The predicted molar refractivity (Wildman–Crippen MR) is 108 cm³/mol. The van der Waals surface area contributed by atoms with Crippen LogP contribution in [0.25, 0.3) is 0 Å². The third-order valence-electron chi connectivity index (χ3n) is 4.63. The van der Waals surface area contributed by atoms with Crippen LogP contribution in [-0.2, 0) is 0 Å². The maximum atomic E-state index is 3.95. The van der Waals surface area contributed by atoms with Crippen LogP contribution >= 0.6 is 0 Å². The van der Waals surface area contributed by atoms with Crippen LogP contribution in [0, 0.1) is 11.3 Å². The van der Waals surface area contributed by atoms with Gasteiger partial charge in [-0.3, -0.25) is 0 Å². The molecule has 0 saturated carbocycles. The van der Waals surface area contributed by atoms with Crippen molar-refractivity contribution < 1.29 is 0 Å². The summed E-state index contributed by atoms with van der Waals surface area (Å²) in [5, 5.41) is 0. The van der Waals surface area contributed by atoms with E-state index in [9.17, 15) is 0 Å². The summed E-state index contributed by atoms with van der Waals surface area (Å²) in [6.45, 7) is 17.2. The summed E-state index contributed by atoms with van der Waals surface area (Å²) in [5.74, 6) is 0.612. The Hall–Kier alpha value is -0.780. The van der Waals surface area contributed by atoms with Crippen LogP contribution in [-0.4, -0.2) is 0 Å². The summed E-state index contributed by atoms with van der Waals surface area (Å²) in [7, 11) is 0. The van der Waals surface area contributed by atoms with Crippen molar-refractivity contribution in [2.24, 2.45) is 11.3 Å². The smallest absolute Gasteiger partial charge is 0.0259 e. The first kappa shape index (κ1) is 22.2. The van der Waals surface area contributed by atoms with Gasteiger partial charge in [0, 0.05) is 0 Å². The summed E-state index contributed by atoms with van der Waals surface area (Å²) in [6.07, 6.45) is 20.9. The Bertz CT molecular complexity index is 332. The van der Waals surface area contributed by atoms with Gasteiger partial charge in [-0.2, -0.15) is 0 Å². The van der Waals surface area contributed by atoms with Crippen molar-refractivity contribution in [2.75, 3.05) is 0 Å². The molecule has 134 valence electrons. The largest absolute Gasteiger partial charge is 0.103 e. The Morgan fingerprint density at radius 1 is 1.00 bits per heavy atom. The first-order valence-electron chi connectivity index (χ1n) is 9.86. The number of unbranched alkanes of at least 4 members (excludes halogenated alkanes) is 6. The maximum Gasteiger partial charge on any atom is -0.0259 e. The zero-order valence-electron chi connectivity index (χ0n) is 16.5. The Morgan fingerprint density at radius 3 is 2.30 bits per heavy atom. The summed E-state index contributed by atoms with van der Waals surface area (Å²) < 4.78 is 0. The molecule has 0 heteroatoms. The second-order valence-corrected chi connectivity index (χ2v) is 8.00. The molecule has 0 aliphatic heterocycles. The van der Waals surface area contributed by atoms with Crippen molar-refractivity contribution in [1.29, 1.82) is 0 Å². The lowest BCUT2D eigenvalue weighted by atomic mass is 9.77. The predicted octanol–water partition coefficient (Wildman–Crippen LogP) is 8.26. The molecule has 0 aromatic rings. The van der Waals surface area contributed by atoms with E-state index in [4.69, 9.17) is 0 Å². The van der Waals surface area contributed by atoms with Crippen molar-refractivity contribution in [1.82, 2.24) is 0 Å². The van der Waals surface area contributed by atoms with E-state index in [1.165, 1.54) is 70.6 Å². The molecule has 1 atom stereocenters. The number of allylic oxidation sites excluding steroid dienone is 4. The molecule has 0 rings (SSSR count). The van der Waals surface area contributed by atoms with Gasteiger partial charge in [-0.1, -0.05) is 77.2 Å². The molecule has 0 N–H and O–H groups in total. The SMILES string of the molecule is C=CCCCCCCC(=CCCCC)CC(C)(C)CC(C)C=C. The van der Waals surface area contributed by atoms with Gasteiger partial charge in [0.15, 0.2) is 0 Å². The van der Waals surface area contributed by atoms with Crippen LogP contribution in [0.15, 0.2) is 37.0 Å². The van der Waals surface area contributed by atoms with Crippen molar-refractivity contribution in [3.05, 3.63) is 37.0 Å². The molecule has 0 bridgehead atoms. The lowest BCUT2D eigenvalue weighted by molar-refractivity contribution is 0.294. The molecule has 0 aliphatic carbocycles. The monoisotopic (exact) mass is 318 g/mol. The quantitative estimate of drug-likeness (QED) is 0.210. The Balaban J connectivity index is 4.40. The highest BCUT2D eigenvalue weighted by molar-refractivity contribution is 5.05. The van der Waals surface area contributed by atoms with Crippen LogP contribution in [0.4, 0.5) is 0 Å². The highest BCUT2D eigenvalue weighted by Gasteiger charge is 2.21. The molecule has 23 heavy (non-hydrogen) atoms. The second kappa shape index (κ2) is 13.6. The van der Waals surface area contributed by atoms with Gasteiger partial charge in [-0.05, 0) is 56.3 Å². The number of hydrogen-bond acceptors (Lipinski definition) is 0. The third kappa shape index (κ3) is 13.4. The van der Waals surface area contributed by atoms with Gasteiger partial charge >= 0.3 is 0 Å².